The Labute approximate surface area is 188 Å². The molecule has 2 amide bonds. The number of hydrogen-bond donors (Lipinski definition) is 3. The largest absolute Gasteiger partial charge is 0.397 e. The van der Waals surface area contributed by atoms with E-state index in [1.807, 2.05) is 19.9 Å². The number of aromatic nitrogens is 1. The summed E-state index contributed by atoms with van der Waals surface area (Å²) < 4.78 is 28.1. The molecule has 0 bridgehead atoms. The Morgan fingerprint density at radius 3 is 2.31 bits per heavy atom. The lowest BCUT2D eigenvalue weighted by molar-refractivity contribution is -0.119. The summed E-state index contributed by atoms with van der Waals surface area (Å²) in [6.07, 6.45) is 5.67. The van der Waals surface area contributed by atoms with Gasteiger partial charge >= 0.3 is 0 Å². The summed E-state index contributed by atoms with van der Waals surface area (Å²) in [6, 6.07) is 5.42. The zero-order chi connectivity index (χ0) is 23.7. The van der Waals surface area contributed by atoms with Crippen LogP contribution in [0.4, 0.5) is 11.4 Å². The summed E-state index contributed by atoms with van der Waals surface area (Å²) in [6.45, 7) is 6.05. The first-order valence-corrected chi connectivity index (χ1v) is 12.2. The van der Waals surface area contributed by atoms with Crippen LogP contribution in [0.2, 0.25) is 0 Å². The van der Waals surface area contributed by atoms with Crippen LogP contribution >= 0.6 is 0 Å². The van der Waals surface area contributed by atoms with E-state index >= 15 is 0 Å². The Hall–Kier alpha value is -2.92. The SMILES string of the molecule is CS(=O)(=O)N1CCCC1.Cc1noc(C)c1-c1ccc(N)c(NC=O)c1.O=C1CCCN1. The van der Waals surface area contributed by atoms with Gasteiger partial charge in [-0.25, -0.2) is 12.7 Å². The Bertz CT molecular complexity index is 1000. The molecule has 10 nitrogen and oxygen atoms in total. The van der Waals surface area contributed by atoms with Crippen LogP contribution in [0.15, 0.2) is 22.7 Å². The number of hydrogen-bond acceptors (Lipinski definition) is 7. The molecule has 2 aliphatic heterocycles. The third kappa shape index (κ3) is 7.34. The van der Waals surface area contributed by atoms with Crippen LogP contribution in [0.25, 0.3) is 11.1 Å². The molecule has 1 aromatic carbocycles. The van der Waals surface area contributed by atoms with E-state index in [0.717, 1.165) is 67.9 Å². The molecule has 176 valence electrons. The van der Waals surface area contributed by atoms with Gasteiger partial charge in [-0.05, 0) is 50.8 Å². The zero-order valence-corrected chi connectivity index (χ0v) is 19.5. The van der Waals surface area contributed by atoms with Crippen LogP contribution in [0.3, 0.4) is 0 Å². The van der Waals surface area contributed by atoms with Gasteiger partial charge in [-0.3, -0.25) is 9.59 Å². The van der Waals surface area contributed by atoms with E-state index in [1.54, 1.807) is 12.1 Å². The molecular weight excluding hydrogens is 434 g/mol. The third-order valence-corrected chi connectivity index (χ3v) is 6.33. The molecule has 32 heavy (non-hydrogen) atoms. The van der Waals surface area contributed by atoms with Gasteiger partial charge in [0.25, 0.3) is 0 Å². The number of carbonyl (C=O) groups is 2. The van der Waals surface area contributed by atoms with Gasteiger partial charge in [-0.1, -0.05) is 11.2 Å². The van der Waals surface area contributed by atoms with Crippen molar-refractivity contribution in [2.75, 3.05) is 36.9 Å². The van der Waals surface area contributed by atoms with Gasteiger partial charge in [-0.2, -0.15) is 0 Å². The normalized spacial score (nSPS) is 15.8. The Balaban J connectivity index is 0.000000200. The second-order valence-electron chi connectivity index (χ2n) is 7.59. The molecule has 0 spiro atoms. The van der Waals surface area contributed by atoms with Crippen molar-refractivity contribution in [3.63, 3.8) is 0 Å². The zero-order valence-electron chi connectivity index (χ0n) is 18.7. The maximum atomic E-state index is 10.8. The van der Waals surface area contributed by atoms with Crippen LogP contribution in [0.1, 0.15) is 37.1 Å². The molecule has 4 N–H and O–H groups in total. The van der Waals surface area contributed by atoms with Crippen molar-refractivity contribution < 1.29 is 22.5 Å². The van der Waals surface area contributed by atoms with Gasteiger partial charge in [0.1, 0.15) is 5.76 Å². The second-order valence-corrected chi connectivity index (χ2v) is 9.57. The summed E-state index contributed by atoms with van der Waals surface area (Å²) in [5.74, 6) is 0.944. The number of anilines is 2. The first-order valence-electron chi connectivity index (χ1n) is 10.4. The van der Waals surface area contributed by atoms with Crippen molar-refractivity contribution in [1.29, 1.82) is 0 Å². The summed E-state index contributed by atoms with van der Waals surface area (Å²) >= 11 is 0. The first kappa shape index (κ1) is 25.3. The van der Waals surface area contributed by atoms with Crippen molar-refractivity contribution in [2.45, 2.75) is 39.5 Å². The number of aryl methyl sites for hydroxylation is 2. The van der Waals surface area contributed by atoms with E-state index in [2.05, 4.69) is 15.8 Å². The van der Waals surface area contributed by atoms with Crippen molar-refractivity contribution >= 4 is 33.7 Å². The van der Waals surface area contributed by atoms with Crippen LogP contribution in [-0.4, -0.2) is 56.1 Å². The van der Waals surface area contributed by atoms with E-state index in [-0.39, 0.29) is 5.91 Å². The maximum absolute atomic E-state index is 10.8. The number of nitrogens with zero attached hydrogens (tertiary/aromatic N) is 2. The smallest absolute Gasteiger partial charge is 0.220 e. The minimum absolute atomic E-state index is 0.204. The number of nitrogens with two attached hydrogens (primary N) is 1. The minimum atomic E-state index is -2.87. The number of carbonyl (C=O) groups excluding carboxylic acids is 2. The van der Waals surface area contributed by atoms with Gasteiger partial charge in [0.2, 0.25) is 22.3 Å². The van der Waals surface area contributed by atoms with Crippen LogP contribution in [0.5, 0.6) is 0 Å². The summed E-state index contributed by atoms with van der Waals surface area (Å²) in [4.78, 5) is 20.6. The number of nitrogen functional groups attached to an aromatic ring is 1. The van der Waals surface area contributed by atoms with E-state index in [0.29, 0.717) is 17.8 Å². The predicted octanol–water partition coefficient (Wildman–Crippen LogP) is 2.05. The van der Waals surface area contributed by atoms with Gasteiger partial charge in [0.05, 0.1) is 23.3 Å². The lowest BCUT2D eigenvalue weighted by Crippen LogP contribution is -2.26. The topological polar surface area (TPSA) is 148 Å². The third-order valence-electron chi connectivity index (χ3n) is 5.03. The number of benzene rings is 1. The molecule has 0 unspecified atom stereocenters. The summed E-state index contributed by atoms with van der Waals surface area (Å²) in [5.41, 5.74) is 9.50. The van der Waals surface area contributed by atoms with Gasteiger partial charge < -0.3 is 20.9 Å². The monoisotopic (exact) mass is 465 g/mol. The van der Waals surface area contributed by atoms with Crippen LogP contribution in [-0.2, 0) is 19.6 Å². The molecule has 3 heterocycles. The van der Waals surface area contributed by atoms with Gasteiger partial charge in [0.15, 0.2) is 0 Å². The lowest BCUT2D eigenvalue weighted by Gasteiger charge is -2.09. The molecular formula is C21H31N5O5S. The highest BCUT2D eigenvalue weighted by molar-refractivity contribution is 7.88. The molecule has 0 aliphatic carbocycles. The average molecular weight is 466 g/mol. The average Bonchev–Trinajstić information content (AvgIpc) is 3.48. The molecule has 0 saturated carbocycles. The summed E-state index contributed by atoms with van der Waals surface area (Å²) in [5, 5.41) is 9.14. The molecule has 0 atom stereocenters. The number of amides is 2. The highest BCUT2D eigenvalue weighted by Gasteiger charge is 2.19. The fourth-order valence-electron chi connectivity index (χ4n) is 3.38. The fourth-order valence-corrected chi connectivity index (χ4v) is 4.30. The van der Waals surface area contributed by atoms with E-state index in [9.17, 15) is 18.0 Å². The minimum Gasteiger partial charge on any atom is -0.397 e. The lowest BCUT2D eigenvalue weighted by atomic mass is 10.0. The van der Waals surface area contributed by atoms with Crippen molar-refractivity contribution in [1.82, 2.24) is 14.8 Å². The van der Waals surface area contributed by atoms with Gasteiger partial charge in [0, 0.05) is 31.6 Å². The van der Waals surface area contributed by atoms with Crippen LogP contribution in [0, 0.1) is 13.8 Å². The molecule has 2 aliphatic rings. The highest BCUT2D eigenvalue weighted by atomic mass is 32.2. The van der Waals surface area contributed by atoms with E-state index < -0.39 is 10.0 Å². The van der Waals surface area contributed by atoms with Crippen LogP contribution < -0.4 is 16.4 Å². The molecule has 1 aromatic heterocycles. The number of rotatable bonds is 4. The van der Waals surface area contributed by atoms with E-state index in [4.69, 9.17) is 10.3 Å². The first-order chi connectivity index (χ1) is 15.1. The number of nitrogens with one attached hydrogen (secondary N) is 2. The quantitative estimate of drug-likeness (QED) is 0.462. The summed E-state index contributed by atoms with van der Waals surface area (Å²) in [7, 11) is -2.87. The maximum Gasteiger partial charge on any atom is 0.220 e. The standard InChI is InChI=1S/C12H13N3O2.C5H11NO2S.C4H7NO/c1-7-12(8(2)17-15-7)9-3-4-10(13)11(5-9)14-6-16;1-9(7,8)6-4-2-3-5-6;6-4-2-1-3-5-4/h3-6H,13H2,1-2H3,(H,14,16);2-5H2,1H3;1-3H2,(H,5,6). The fraction of sp³-hybridized carbons (Fsp3) is 0.476. The Kier molecular flexibility index (Phi) is 9.21. The molecule has 11 heteroatoms. The predicted molar refractivity (Wildman–Crippen MR) is 123 cm³/mol. The van der Waals surface area contributed by atoms with E-state index in [1.165, 1.54) is 10.6 Å². The molecule has 0 radical (unpaired) electrons. The molecule has 2 saturated heterocycles. The number of sulfonamides is 1. The highest BCUT2D eigenvalue weighted by Crippen LogP contribution is 2.31. The van der Waals surface area contributed by atoms with Crippen molar-refractivity contribution in [3.8, 4) is 11.1 Å². The molecule has 2 aromatic rings. The Morgan fingerprint density at radius 1 is 1.22 bits per heavy atom. The van der Waals surface area contributed by atoms with Crippen molar-refractivity contribution in [3.05, 3.63) is 29.7 Å². The molecule has 4 rings (SSSR count). The van der Waals surface area contributed by atoms with Crippen molar-refractivity contribution in [2.24, 2.45) is 0 Å². The Morgan fingerprint density at radius 2 is 1.91 bits per heavy atom. The second kappa shape index (κ2) is 11.6. The van der Waals surface area contributed by atoms with Gasteiger partial charge in [-0.15, -0.1) is 0 Å². The molecule has 2 fully saturated rings.